The van der Waals surface area contributed by atoms with Crippen molar-refractivity contribution in [3.8, 4) is 0 Å². The topological polar surface area (TPSA) is 24.5 Å². The number of methoxy groups -OCH3 is 1. The van der Waals surface area contributed by atoms with Crippen LogP contribution < -0.4 is 5.32 Å². The highest BCUT2D eigenvalue weighted by molar-refractivity contribution is 7.80. The standard InChI is InChI=1S/C11H19F3N2OS/c1-10(2)8(11(12,13)14)4-6-16(10)9(18)15-5-7-17-3/h8H,4-7H2,1-3H3,(H,15,18). The van der Waals surface area contributed by atoms with Gasteiger partial charge in [-0.15, -0.1) is 0 Å². The lowest BCUT2D eigenvalue weighted by Gasteiger charge is -2.38. The molecule has 0 radical (unpaired) electrons. The van der Waals surface area contributed by atoms with Crippen LogP contribution in [0.2, 0.25) is 0 Å². The Morgan fingerprint density at radius 3 is 2.56 bits per heavy atom. The molecule has 1 aliphatic heterocycles. The lowest BCUT2D eigenvalue weighted by Crippen LogP contribution is -2.53. The molecule has 18 heavy (non-hydrogen) atoms. The van der Waals surface area contributed by atoms with E-state index in [2.05, 4.69) is 5.32 Å². The second-order valence-electron chi connectivity index (χ2n) is 4.91. The molecule has 1 unspecified atom stereocenters. The number of ether oxygens (including phenoxy) is 1. The van der Waals surface area contributed by atoms with Crippen LogP contribution in [0.5, 0.6) is 0 Å². The fraction of sp³-hybridized carbons (Fsp3) is 0.909. The summed E-state index contributed by atoms with van der Waals surface area (Å²) in [5.74, 6) is -1.34. The maximum atomic E-state index is 12.9. The summed E-state index contributed by atoms with van der Waals surface area (Å²) in [4.78, 5) is 1.62. The highest BCUT2D eigenvalue weighted by Gasteiger charge is 2.55. The van der Waals surface area contributed by atoms with Crippen LogP contribution in [-0.2, 0) is 4.74 Å². The first-order chi connectivity index (χ1) is 8.21. The first-order valence-electron chi connectivity index (χ1n) is 5.82. The Kier molecular flexibility index (Phi) is 4.83. The maximum Gasteiger partial charge on any atom is 0.394 e. The lowest BCUT2D eigenvalue weighted by atomic mass is 9.88. The van der Waals surface area contributed by atoms with Crippen LogP contribution in [0, 0.1) is 5.92 Å². The van der Waals surface area contributed by atoms with Crippen LogP contribution in [0.25, 0.3) is 0 Å². The van der Waals surface area contributed by atoms with E-state index >= 15 is 0 Å². The number of hydrogen-bond acceptors (Lipinski definition) is 2. The molecule has 0 aliphatic carbocycles. The number of likely N-dealkylation sites (tertiary alicyclic amines) is 1. The lowest BCUT2D eigenvalue weighted by molar-refractivity contribution is -0.188. The maximum absolute atomic E-state index is 12.9. The Hall–Kier alpha value is -0.560. The van der Waals surface area contributed by atoms with Crippen molar-refractivity contribution in [2.75, 3.05) is 26.8 Å². The van der Waals surface area contributed by atoms with E-state index in [9.17, 15) is 13.2 Å². The summed E-state index contributed by atoms with van der Waals surface area (Å²) < 4.78 is 43.5. The molecule has 3 nitrogen and oxygen atoms in total. The zero-order valence-electron chi connectivity index (χ0n) is 10.8. The highest BCUT2D eigenvalue weighted by Crippen LogP contribution is 2.44. The smallest absolute Gasteiger partial charge is 0.383 e. The third kappa shape index (κ3) is 3.26. The van der Waals surface area contributed by atoms with Gasteiger partial charge < -0.3 is 15.0 Å². The van der Waals surface area contributed by atoms with Crippen LogP contribution >= 0.6 is 12.2 Å². The molecular weight excluding hydrogens is 265 g/mol. The first-order valence-corrected chi connectivity index (χ1v) is 6.23. The number of hydrogen-bond donors (Lipinski definition) is 1. The van der Waals surface area contributed by atoms with Gasteiger partial charge in [-0.05, 0) is 32.5 Å². The fourth-order valence-corrected chi connectivity index (χ4v) is 2.80. The summed E-state index contributed by atoms with van der Waals surface area (Å²) in [6.45, 7) is 4.47. The van der Waals surface area contributed by atoms with E-state index in [0.29, 0.717) is 24.8 Å². The minimum Gasteiger partial charge on any atom is -0.383 e. The average Bonchev–Trinajstić information content (AvgIpc) is 2.53. The van der Waals surface area contributed by atoms with E-state index in [-0.39, 0.29) is 6.42 Å². The van der Waals surface area contributed by atoms with Crippen molar-refractivity contribution in [2.24, 2.45) is 5.92 Å². The molecule has 0 bridgehead atoms. The van der Waals surface area contributed by atoms with Gasteiger partial charge in [-0.25, -0.2) is 0 Å². The minimum atomic E-state index is -4.18. The molecule has 1 saturated heterocycles. The summed E-state index contributed by atoms with van der Waals surface area (Å²) in [5.41, 5.74) is -1.00. The molecule has 1 rings (SSSR count). The quantitative estimate of drug-likeness (QED) is 0.634. The van der Waals surface area contributed by atoms with Gasteiger partial charge >= 0.3 is 6.18 Å². The monoisotopic (exact) mass is 284 g/mol. The molecule has 106 valence electrons. The molecule has 0 amide bonds. The molecule has 0 aromatic rings. The van der Waals surface area contributed by atoms with E-state index in [4.69, 9.17) is 17.0 Å². The van der Waals surface area contributed by atoms with Gasteiger partial charge in [-0.1, -0.05) is 0 Å². The molecule has 0 aromatic heterocycles. The van der Waals surface area contributed by atoms with Crippen molar-refractivity contribution in [3.05, 3.63) is 0 Å². The van der Waals surface area contributed by atoms with Crippen molar-refractivity contribution < 1.29 is 17.9 Å². The van der Waals surface area contributed by atoms with Crippen molar-refractivity contribution in [1.29, 1.82) is 0 Å². The Morgan fingerprint density at radius 2 is 2.11 bits per heavy atom. The number of nitrogens with zero attached hydrogens (tertiary/aromatic N) is 1. The normalized spacial score (nSPS) is 23.2. The van der Waals surface area contributed by atoms with E-state index in [1.54, 1.807) is 25.9 Å². The van der Waals surface area contributed by atoms with E-state index in [1.165, 1.54) is 0 Å². The Balaban J connectivity index is 2.66. The van der Waals surface area contributed by atoms with Crippen molar-refractivity contribution in [1.82, 2.24) is 10.2 Å². The third-order valence-corrected chi connectivity index (χ3v) is 3.78. The van der Waals surface area contributed by atoms with Gasteiger partial charge in [0.2, 0.25) is 0 Å². The molecule has 1 fully saturated rings. The van der Waals surface area contributed by atoms with Crippen molar-refractivity contribution in [2.45, 2.75) is 32.0 Å². The van der Waals surface area contributed by atoms with Crippen LogP contribution in [0.3, 0.4) is 0 Å². The number of halogens is 3. The summed E-state index contributed by atoms with van der Waals surface area (Å²) in [6.07, 6.45) is -4.09. The molecule has 0 aromatic carbocycles. The molecular formula is C11H19F3N2OS. The summed E-state index contributed by atoms with van der Waals surface area (Å²) >= 11 is 5.14. The predicted octanol–water partition coefficient (Wildman–Crippen LogP) is 2.17. The summed E-state index contributed by atoms with van der Waals surface area (Å²) in [7, 11) is 1.56. The van der Waals surface area contributed by atoms with Gasteiger partial charge in [0.05, 0.1) is 12.5 Å². The predicted molar refractivity (Wildman–Crippen MR) is 67.4 cm³/mol. The SMILES string of the molecule is COCCNC(=S)N1CCC(C(F)(F)F)C1(C)C. The highest BCUT2D eigenvalue weighted by atomic mass is 32.1. The number of rotatable bonds is 3. The second kappa shape index (κ2) is 5.61. The van der Waals surface area contributed by atoms with Gasteiger partial charge in [-0.2, -0.15) is 13.2 Å². The number of nitrogens with one attached hydrogen (secondary N) is 1. The van der Waals surface area contributed by atoms with Gasteiger partial charge in [0, 0.05) is 25.7 Å². The minimum absolute atomic E-state index is 0.0859. The molecule has 0 spiro atoms. The van der Waals surface area contributed by atoms with Crippen LogP contribution in [0.4, 0.5) is 13.2 Å². The number of alkyl halides is 3. The van der Waals surface area contributed by atoms with Gasteiger partial charge in [0.15, 0.2) is 5.11 Å². The van der Waals surface area contributed by atoms with E-state index in [1.807, 2.05) is 0 Å². The summed E-state index contributed by atoms with van der Waals surface area (Å²) in [6, 6.07) is 0. The molecule has 1 heterocycles. The van der Waals surface area contributed by atoms with Crippen molar-refractivity contribution >= 4 is 17.3 Å². The van der Waals surface area contributed by atoms with Crippen LogP contribution in [-0.4, -0.2) is 48.5 Å². The van der Waals surface area contributed by atoms with Crippen LogP contribution in [0.1, 0.15) is 20.3 Å². The third-order valence-electron chi connectivity index (χ3n) is 3.41. The average molecular weight is 284 g/mol. The van der Waals surface area contributed by atoms with Gasteiger partial charge in [-0.3, -0.25) is 0 Å². The first kappa shape index (κ1) is 15.5. The second-order valence-corrected chi connectivity index (χ2v) is 5.30. The zero-order chi connectivity index (χ0) is 14.0. The Labute approximate surface area is 111 Å². The van der Waals surface area contributed by atoms with Gasteiger partial charge in [0.1, 0.15) is 0 Å². The molecule has 7 heteroatoms. The molecule has 0 saturated carbocycles. The Bertz CT molecular complexity index is 307. The number of thiocarbonyl (C=S) groups is 1. The summed E-state index contributed by atoms with van der Waals surface area (Å²) in [5, 5.41) is 3.28. The zero-order valence-corrected chi connectivity index (χ0v) is 11.6. The van der Waals surface area contributed by atoms with Crippen LogP contribution in [0.15, 0.2) is 0 Å². The fourth-order valence-electron chi connectivity index (χ4n) is 2.37. The molecule has 1 atom stereocenters. The van der Waals surface area contributed by atoms with Crippen molar-refractivity contribution in [3.63, 3.8) is 0 Å². The Morgan fingerprint density at radius 1 is 1.50 bits per heavy atom. The molecule has 1 N–H and O–H groups in total. The van der Waals surface area contributed by atoms with E-state index in [0.717, 1.165) is 0 Å². The molecule has 1 aliphatic rings. The van der Waals surface area contributed by atoms with E-state index < -0.39 is 17.6 Å². The largest absolute Gasteiger partial charge is 0.394 e. The van der Waals surface area contributed by atoms with Gasteiger partial charge in [0.25, 0.3) is 0 Å².